The summed E-state index contributed by atoms with van der Waals surface area (Å²) in [4.78, 5) is 12.4. The molecule has 2 N–H and O–H groups in total. The summed E-state index contributed by atoms with van der Waals surface area (Å²) in [5.74, 6) is 3.94. The van der Waals surface area contributed by atoms with Crippen LogP contribution in [-0.4, -0.2) is 17.6 Å². The van der Waals surface area contributed by atoms with Crippen molar-refractivity contribution >= 4 is 22.9 Å². The van der Waals surface area contributed by atoms with Gasteiger partial charge in [0.25, 0.3) is 5.91 Å². The van der Waals surface area contributed by atoms with E-state index >= 15 is 0 Å². The fraction of sp³-hybridized carbons (Fsp3) is 0.0667. The van der Waals surface area contributed by atoms with Gasteiger partial charge in [-0.2, -0.15) is 5.26 Å². The summed E-state index contributed by atoms with van der Waals surface area (Å²) < 4.78 is 13.7. The van der Waals surface area contributed by atoms with Gasteiger partial charge in [-0.3, -0.25) is 4.79 Å². The summed E-state index contributed by atoms with van der Waals surface area (Å²) in [6.45, 7) is -0.304. The van der Waals surface area contributed by atoms with Gasteiger partial charge in [-0.1, -0.05) is 11.8 Å². The molecule has 0 radical (unpaired) electrons. The monoisotopic (exact) mass is 300 g/mol. The number of aliphatic hydroxyl groups excluding tert-OH is 1. The molecule has 21 heavy (non-hydrogen) atoms. The van der Waals surface area contributed by atoms with Crippen LogP contribution in [0.3, 0.4) is 0 Å². The lowest BCUT2D eigenvalue weighted by Gasteiger charge is -2.05. The maximum absolute atomic E-state index is 13.7. The summed E-state index contributed by atoms with van der Waals surface area (Å²) >= 11 is 1.17. The average molecular weight is 300 g/mol. The van der Waals surface area contributed by atoms with Crippen LogP contribution in [0.5, 0.6) is 0 Å². The first-order valence-corrected chi connectivity index (χ1v) is 6.72. The number of nitrogens with zero attached hydrogens (tertiary/aromatic N) is 1. The first-order valence-electron chi connectivity index (χ1n) is 5.84. The molecule has 0 aliphatic heterocycles. The largest absolute Gasteiger partial charge is 0.384 e. The lowest BCUT2D eigenvalue weighted by molar-refractivity contribution is 0.103. The number of rotatable bonds is 2. The molecule has 104 valence electrons. The summed E-state index contributed by atoms with van der Waals surface area (Å²) in [6, 6.07) is 7.27. The summed E-state index contributed by atoms with van der Waals surface area (Å²) in [7, 11) is 0. The van der Waals surface area contributed by atoms with Gasteiger partial charge in [-0.15, -0.1) is 11.3 Å². The van der Waals surface area contributed by atoms with E-state index in [1.54, 1.807) is 11.4 Å². The highest BCUT2D eigenvalue weighted by molar-refractivity contribution is 7.12. The zero-order valence-corrected chi connectivity index (χ0v) is 11.5. The Morgan fingerprint density at radius 2 is 2.24 bits per heavy atom. The SMILES string of the molecule is N#Cc1ccc(NC(=O)c2sccc2C#CCO)c(F)c1. The number of carbonyl (C=O) groups excluding carboxylic acids is 1. The molecule has 0 spiro atoms. The molecule has 0 saturated carbocycles. The number of benzene rings is 1. The standard InChI is InChI=1S/C15H9FN2O2S/c16-12-8-10(9-17)3-4-13(12)18-15(20)14-11(2-1-6-19)5-7-21-14/h3-5,7-8,19H,6H2,(H,18,20). The molecule has 6 heteroatoms. The second-order valence-electron chi connectivity index (χ2n) is 3.88. The quantitative estimate of drug-likeness (QED) is 0.836. The van der Waals surface area contributed by atoms with Gasteiger partial charge in [0.2, 0.25) is 0 Å². The van der Waals surface area contributed by atoms with E-state index in [2.05, 4.69) is 17.2 Å². The van der Waals surface area contributed by atoms with Gasteiger partial charge < -0.3 is 10.4 Å². The number of anilines is 1. The number of hydrogen-bond donors (Lipinski definition) is 2. The predicted molar refractivity (Wildman–Crippen MR) is 77.4 cm³/mol. The van der Waals surface area contributed by atoms with Crippen LogP contribution in [-0.2, 0) is 0 Å². The highest BCUT2D eigenvalue weighted by atomic mass is 32.1. The van der Waals surface area contributed by atoms with Crippen molar-refractivity contribution < 1.29 is 14.3 Å². The Morgan fingerprint density at radius 3 is 2.90 bits per heavy atom. The van der Waals surface area contributed by atoms with Gasteiger partial charge in [0, 0.05) is 5.56 Å². The number of thiophene rings is 1. The fourth-order valence-electron chi connectivity index (χ4n) is 1.58. The molecular weight excluding hydrogens is 291 g/mol. The van der Waals surface area contributed by atoms with Gasteiger partial charge in [-0.05, 0) is 29.6 Å². The molecule has 1 aromatic carbocycles. The number of nitriles is 1. The number of carbonyl (C=O) groups is 1. The Kier molecular flexibility index (Phi) is 4.68. The summed E-state index contributed by atoms with van der Waals surface area (Å²) in [5.41, 5.74) is 0.644. The van der Waals surface area contributed by atoms with Crippen molar-refractivity contribution in [2.24, 2.45) is 0 Å². The molecular formula is C15H9FN2O2S. The van der Waals surface area contributed by atoms with Gasteiger partial charge in [0.15, 0.2) is 0 Å². The topological polar surface area (TPSA) is 73.1 Å². The van der Waals surface area contributed by atoms with Crippen LogP contribution in [0.25, 0.3) is 0 Å². The zero-order valence-electron chi connectivity index (χ0n) is 10.7. The van der Waals surface area contributed by atoms with E-state index in [9.17, 15) is 9.18 Å². The summed E-state index contributed by atoms with van der Waals surface area (Å²) in [6.07, 6.45) is 0. The Morgan fingerprint density at radius 1 is 1.43 bits per heavy atom. The van der Waals surface area contributed by atoms with Crippen LogP contribution in [0, 0.1) is 29.0 Å². The Bertz CT molecular complexity index is 781. The maximum atomic E-state index is 13.7. The van der Waals surface area contributed by atoms with Crippen LogP contribution >= 0.6 is 11.3 Å². The number of nitrogens with one attached hydrogen (secondary N) is 1. The number of aliphatic hydroxyl groups is 1. The molecule has 0 saturated heterocycles. The van der Waals surface area contributed by atoms with Gasteiger partial charge in [0.1, 0.15) is 17.3 Å². The molecule has 1 aromatic heterocycles. The smallest absolute Gasteiger partial charge is 0.267 e. The van der Waals surface area contributed by atoms with Crippen LogP contribution in [0.15, 0.2) is 29.6 Å². The highest BCUT2D eigenvalue weighted by Crippen LogP contribution is 2.20. The molecule has 0 atom stereocenters. The zero-order chi connectivity index (χ0) is 15.2. The average Bonchev–Trinajstić information content (AvgIpc) is 2.95. The Balaban J connectivity index is 2.23. The molecule has 1 amide bonds. The van der Waals surface area contributed by atoms with Crippen molar-refractivity contribution in [3.63, 3.8) is 0 Å². The third-order valence-electron chi connectivity index (χ3n) is 2.52. The molecule has 0 fully saturated rings. The van der Waals surface area contributed by atoms with E-state index in [4.69, 9.17) is 10.4 Å². The number of halogens is 1. The minimum absolute atomic E-state index is 0.00605. The second kappa shape index (κ2) is 6.67. The van der Waals surface area contributed by atoms with E-state index < -0.39 is 11.7 Å². The van der Waals surface area contributed by atoms with E-state index in [0.717, 1.165) is 6.07 Å². The third-order valence-corrected chi connectivity index (χ3v) is 3.43. The maximum Gasteiger partial charge on any atom is 0.267 e. The lowest BCUT2D eigenvalue weighted by Crippen LogP contribution is -2.12. The van der Waals surface area contributed by atoms with Crippen molar-refractivity contribution in [1.82, 2.24) is 0 Å². The third kappa shape index (κ3) is 3.46. The molecule has 2 aromatic rings. The van der Waals surface area contributed by atoms with E-state index in [-0.39, 0.29) is 17.9 Å². The number of hydrogen-bond acceptors (Lipinski definition) is 4. The van der Waals surface area contributed by atoms with Crippen molar-refractivity contribution in [3.05, 3.63) is 51.5 Å². The van der Waals surface area contributed by atoms with Crippen molar-refractivity contribution in [1.29, 1.82) is 5.26 Å². The van der Waals surface area contributed by atoms with Crippen LogP contribution in [0.1, 0.15) is 20.8 Å². The van der Waals surface area contributed by atoms with E-state index in [1.165, 1.54) is 23.5 Å². The van der Waals surface area contributed by atoms with Gasteiger partial charge >= 0.3 is 0 Å². The first kappa shape index (κ1) is 14.7. The Hall–Kier alpha value is -2.67. The first-order chi connectivity index (χ1) is 10.2. The fourth-order valence-corrected chi connectivity index (χ4v) is 2.33. The minimum atomic E-state index is -0.679. The Labute approximate surface area is 124 Å². The van der Waals surface area contributed by atoms with Crippen molar-refractivity contribution in [2.75, 3.05) is 11.9 Å². The molecule has 0 bridgehead atoms. The van der Waals surface area contributed by atoms with Crippen LogP contribution in [0.4, 0.5) is 10.1 Å². The molecule has 0 aliphatic rings. The van der Waals surface area contributed by atoms with Gasteiger partial charge in [-0.25, -0.2) is 4.39 Å². The second-order valence-corrected chi connectivity index (χ2v) is 4.80. The van der Waals surface area contributed by atoms with E-state index in [0.29, 0.717) is 10.4 Å². The van der Waals surface area contributed by atoms with Crippen molar-refractivity contribution in [2.45, 2.75) is 0 Å². The van der Waals surface area contributed by atoms with Gasteiger partial charge in [0.05, 0.1) is 17.3 Å². The van der Waals surface area contributed by atoms with E-state index in [1.807, 2.05) is 6.07 Å². The summed E-state index contributed by atoms with van der Waals surface area (Å²) in [5, 5.41) is 21.5. The molecule has 2 rings (SSSR count). The molecule has 1 heterocycles. The molecule has 0 aliphatic carbocycles. The lowest BCUT2D eigenvalue weighted by atomic mass is 10.2. The predicted octanol–water partition coefficient (Wildman–Crippen LogP) is 2.35. The highest BCUT2D eigenvalue weighted by Gasteiger charge is 2.14. The molecule has 4 nitrogen and oxygen atoms in total. The minimum Gasteiger partial charge on any atom is -0.384 e. The van der Waals surface area contributed by atoms with Crippen LogP contribution < -0.4 is 5.32 Å². The van der Waals surface area contributed by atoms with Crippen LogP contribution in [0.2, 0.25) is 0 Å². The van der Waals surface area contributed by atoms with Crippen molar-refractivity contribution in [3.8, 4) is 17.9 Å². The normalized spacial score (nSPS) is 9.38. The number of amides is 1. The molecule has 0 unspecified atom stereocenters.